The Morgan fingerprint density at radius 1 is 1.41 bits per heavy atom. The third kappa shape index (κ3) is 3.23. The maximum absolute atomic E-state index is 11.5. The molecule has 0 heterocycles. The average Bonchev–Trinajstić information content (AvgIpc) is 2.73. The highest BCUT2D eigenvalue weighted by Crippen LogP contribution is 2.24. The van der Waals surface area contributed by atoms with Gasteiger partial charge in [-0.1, -0.05) is 17.8 Å². The SMILES string of the molecule is N=C(N)SCC(=O)Nc1ccc2c(c1)CCC2. The van der Waals surface area contributed by atoms with Crippen molar-refractivity contribution in [1.29, 1.82) is 5.41 Å². The first-order valence-corrected chi connectivity index (χ1v) is 6.52. The number of nitrogens with two attached hydrogens (primary N) is 1. The van der Waals surface area contributed by atoms with Crippen LogP contribution in [0.3, 0.4) is 0 Å². The van der Waals surface area contributed by atoms with Crippen LogP contribution < -0.4 is 11.1 Å². The van der Waals surface area contributed by atoms with Crippen molar-refractivity contribution in [1.82, 2.24) is 0 Å². The normalized spacial score (nSPS) is 13.2. The van der Waals surface area contributed by atoms with Crippen LogP contribution in [0, 0.1) is 5.41 Å². The number of anilines is 1. The number of fused-ring (bicyclic) bond motifs is 1. The molecular formula is C12H15N3OS. The quantitative estimate of drug-likeness (QED) is 0.564. The van der Waals surface area contributed by atoms with Gasteiger partial charge in [-0.2, -0.15) is 0 Å². The van der Waals surface area contributed by atoms with Crippen molar-refractivity contribution in [3.8, 4) is 0 Å². The first kappa shape index (κ1) is 12.0. The summed E-state index contributed by atoms with van der Waals surface area (Å²) in [4.78, 5) is 11.5. The highest BCUT2D eigenvalue weighted by molar-refractivity contribution is 8.14. The standard InChI is InChI=1S/C12H15N3OS/c13-12(14)17-7-11(16)15-10-5-4-8-2-1-3-9(8)6-10/h4-6H,1-3,7H2,(H3,13,14)(H,15,16). The van der Waals surface area contributed by atoms with Crippen molar-refractivity contribution < 1.29 is 4.79 Å². The predicted octanol–water partition coefficient (Wildman–Crippen LogP) is 1.74. The monoisotopic (exact) mass is 249 g/mol. The van der Waals surface area contributed by atoms with Gasteiger partial charge in [-0.05, 0) is 42.5 Å². The van der Waals surface area contributed by atoms with Crippen LogP contribution in [0.5, 0.6) is 0 Å². The largest absolute Gasteiger partial charge is 0.379 e. The Bertz CT molecular complexity index is 459. The average molecular weight is 249 g/mol. The van der Waals surface area contributed by atoms with Gasteiger partial charge in [-0.3, -0.25) is 10.2 Å². The van der Waals surface area contributed by atoms with Crippen LogP contribution in [-0.4, -0.2) is 16.8 Å². The lowest BCUT2D eigenvalue weighted by atomic mass is 10.1. The van der Waals surface area contributed by atoms with Crippen molar-refractivity contribution in [3.05, 3.63) is 29.3 Å². The molecular weight excluding hydrogens is 234 g/mol. The van der Waals surface area contributed by atoms with Crippen LogP contribution in [0.1, 0.15) is 17.5 Å². The third-order valence-corrected chi connectivity index (χ3v) is 3.46. The minimum Gasteiger partial charge on any atom is -0.379 e. The van der Waals surface area contributed by atoms with E-state index in [1.165, 1.54) is 17.5 Å². The molecule has 0 unspecified atom stereocenters. The second-order valence-corrected chi connectivity index (χ2v) is 5.06. The zero-order valence-electron chi connectivity index (χ0n) is 9.45. The molecule has 90 valence electrons. The smallest absolute Gasteiger partial charge is 0.234 e. The second kappa shape index (κ2) is 5.23. The molecule has 0 aliphatic heterocycles. The maximum atomic E-state index is 11.5. The molecule has 0 radical (unpaired) electrons. The minimum atomic E-state index is -0.122. The Morgan fingerprint density at radius 2 is 2.18 bits per heavy atom. The van der Waals surface area contributed by atoms with Gasteiger partial charge in [0.25, 0.3) is 0 Å². The van der Waals surface area contributed by atoms with E-state index in [0.29, 0.717) is 0 Å². The van der Waals surface area contributed by atoms with Crippen molar-refractivity contribution >= 4 is 28.5 Å². The van der Waals surface area contributed by atoms with Crippen LogP contribution in [0.15, 0.2) is 18.2 Å². The number of hydrogen-bond donors (Lipinski definition) is 3. The van der Waals surface area contributed by atoms with Crippen LogP contribution in [0.25, 0.3) is 0 Å². The number of amides is 1. The van der Waals surface area contributed by atoms with Gasteiger partial charge < -0.3 is 11.1 Å². The zero-order valence-corrected chi connectivity index (χ0v) is 10.3. The number of aryl methyl sites for hydroxylation is 2. The fourth-order valence-electron chi connectivity index (χ4n) is 1.99. The lowest BCUT2D eigenvalue weighted by Gasteiger charge is -2.06. The number of nitrogens with one attached hydrogen (secondary N) is 2. The Balaban J connectivity index is 1.95. The molecule has 0 aromatic heterocycles. The summed E-state index contributed by atoms with van der Waals surface area (Å²) < 4.78 is 0. The summed E-state index contributed by atoms with van der Waals surface area (Å²) in [5, 5.41) is 9.81. The van der Waals surface area contributed by atoms with E-state index in [0.717, 1.165) is 30.3 Å². The topological polar surface area (TPSA) is 79.0 Å². The Kier molecular flexibility index (Phi) is 3.68. The lowest BCUT2D eigenvalue weighted by molar-refractivity contribution is -0.113. The molecule has 1 aromatic rings. The van der Waals surface area contributed by atoms with Crippen molar-refractivity contribution in [2.75, 3.05) is 11.1 Å². The predicted molar refractivity (Wildman–Crippen MR) is 71.5 cm³/mol. The summed E-state index contributed by atoms with van der Waals surface area (Å²) in [6.45, 7) is 0. The molecule has 1 aliphatic carbocycles. The Hall–Kier alpha value is -1.49. The van der Waals surface area contributed by atoms with E-state index in [2.05, 4.69) is 11.4 Å². The van der Waals surface area contributed by atoms with Gasteiger partial charge in [0.15, 0.2) is 5.17 Å². The number of carbonyl (C=O) groups excluding carboxylic acids is 1. The zero-order chi connectivity index (χ0) is 12.3. The van der Waals surface area contributed by atoms with Gasteiger partial charge in [0.1, 0.15) is 0 Å². The minimum absolute atomic E-state index is 0.0332. The van der Waals surface area contributed by atoms with E-state index in [1.807, 2.05) is 12.1 Å². The van der Waals surface area contributed by atoms with Crippen LogP contribution >= 0.6 is 11.8 Å². The molecule has 0 bridgehead atoms. The van der Waals surface area contributed by atoms with Gasteiger partial charge in [0.2, 0.25) is 5.91 Å². The van der Waals surface area contributed by atoms with Gasteiger partial charge in [-0.25, -0.2) is 0 Å². The van der Waals surface area contributed by atoms with E-state index in [1.54, 1.807) is 0 Å². The molecule has 5 heteroatoms. The highest BCUT2D eigenvalue weighted by Gasteiger charge is 2.11. The number of benzene rings is 1. The molecule has 0 spiro atoms. The van der Waals surface area contributed by atoms with Gasteiger partial charge in [-0.15, -0.1) is 0 Å². The van der Waals surface area contributed by atoms with Crippen LogP contribution in [0.4, 0.5) is 5.69 Å². The fraction of sp³-hybridized carbons (Fsp3) is 0.333. The molecule has 4 nitrogen and oxygen atoms in total. The number of thioether (sulfide) groups is 1. The fourth-order valence-corrected chi connectivity index (χ4v) is 2.35. The van der Waals surface area contributed by atoms with Crippen molar-refractivity contribution in [2.24, 2.45) is 5.73 Å². The lowest BCUT2D eigenvalue weighted by Crippen LogP contribution is -2.17. The first-order chi connectivity index (χ1) is 8.15. The molecule has 1 aromatic carbocycles. The van der Waals surface area contributed by atoms with Crippen LogP contribution in [-0.2, 0) is 17.6 Å². The summed E-state index contributed by atoms with van der Waals surface area (Å²) in [6, 6.07) is 6.05. The molecule has 2 rings (SSSR count). The first-order valence-electron chi connectivity index (χ1n) is 5.53. The third-order valence-electron chi connectivity index (χ3n) is 2.74. The summed E-state index contributed by atoms with van der Waals surface area (Å²) in [5.74, 6) is 0.0648. The number of rotatable bonds is 3. The molecule has 0 fully saturated rings. The van der Waals surface area contributed by atoms with E-state index >= 15 is 0 Å². The number of carbonyl (C=O) groups is 1. The molecule has 17 heavy (non-hydrogen) atoms. The van der Waals surface area contributed by atoms with Gasteiger partial charge in [0.05, 0.1) is 5.75 Å². The molecule has 0 saturated carbocycles. The number of hydrogen-bond acceptors (Lipinski definition) is 3. The van der Waals surface area contributed by atoms with Crippen molar-refractivity contribution in [2.45, 2.75) is 19.3 Å². The van der Waals surface area contributed by atoms with Gasteiger partial charge in [0, 0.05) is 5.69 Å². The summed E-state index contributed by atoms with van der Waals surface area (Å²) in [6.07, 6.45) is 3.44. The summed E-state index contributed by atoms with van der Waals surface area (Å²) in [5.41, 5.74) is 8.73. The molecule has 0 saturated heterocycles. The van der Waals surface area contributed by atoms with Gasteiger partial charge >= 0.3 is 0 Å². The molecule has 1 aliphatic rings. The Morgan fingerprint density at radius 3 is 2.94 bits per heavy atom. The van der Waals surface area contributed by atoms with E-state index in [4.69, 9.17) is 11.1 Å². The van der Waals surface area contributed by atoms with Crippen molar-refractivity contribution in [3.63, 3.8) is 0 Å². The maximum Gasteiger partial charge on any atom is 0.234 e. The summed E-state index contributed by atoms with van der Waals surface area (Å²) in [7, 11) is 0. The van der Waals surface area contributed by atoms with E-state index in [9.17, 15) is 4.79 Å². The Labute approximate surface area is 104 Å². The molecule has 1 amide bonds. The summed E-state index contributed by atoms with van der Waals surface area (Å²) >= 11 is 1.03. The molecule has 0 atom stereocenters. The van der Waals surface area contributed by atoms with E-state index in [-0.39, 0.29) is 16.8 Å². The molecule has 4 N–H and O–H groups in total. The second-order valence-electron chi connectivity index (χ2n) is 4.04. The highest BCUT2D eigenvalue weighted by atomic mass is 32.2. The number of amidine groups is 1. The van der Waals surface area contributed by atoms with E-state index < -0.39 is 0 Å². The van der Waals surface area contributed by atoms with Crippen LogP contribution in [0.2, 0.25) is 0 Å².